The normalized spacial score (nSPS) is 13.8. The van der Waals surface area contributed by atoms with Gasteiger partial charge in [-0.1, -0.05) is 23.9 Å². The second-order valence-corrected chi connectivity index (χ2v) is 6.99. The zero-order valence-corrected chi connectivity index (χ0v) is 13.9. The van der Waals surface area contributed by atoms with Crippen molar-refractivity contribution in [1.29, 1.82) is 5.41 Å². The van der Waals surface area contributed by atoms with Gasteiger partial charge in [-0.05, 0) is 65.4 Å². The summed E-state index contributed by atoms with van der Waals surface area (Å²) in [6.07, 6.45) is 4.46. The van der Waals surface area contributed by atoms with E-state index in [1.165, 1.54) is 24.1 Å². The van der Waals surface area contributed by atoms with E-state index in [0.29, 0.717) is 0 Å². The van der Waals surface area contributed by atoms with Crippen LogP contribution in [0, 0.1) is 5.41 Å². The monoisotopic (exact) mass is 361 g/mol. The molecule has 1 aromatic carbocycles. The number of nitrogens with two attached hydrogens (primary N) is 1. The molecule has 0 unspecified atom stereocenters. The number of hydrogen-bond donors (Lipinski definition) is 2. The molecule has 0 saturated heterocycles. The van der Waals surface area contributed by atoms with Crippen LogP contribution >= 0.6 is 27.7 Å². The van der Waals surface area contributed by atoms with Gasteiger partial charge < -0.3 is 5.73 Å². The number of nitrogen functional groups attached to an aromatic ring is 1. The van der Waals surface area contributed by atoms with Gasteiger partial charge in [-0.25, -0.2) is 4.98 Å². The van der Waals surface area contributed by atoms with Gasteiger partial charge in [0.25, 0.3) is 0 Å². The van der Waals surface area contributed by atoms with E-state index in [-0.39, 0.29) is 5.84 Å². The number of pyridine rings is 1. The second-order valence-electron chi connectivity index (χ2n) is 5.10. The molecule has 0 saturated carbocycles. The number of rotatable bonds is 3. The Morgan fingerprint density at radius 2 is 2.00 bits per heavy atom. The molecule has 108 valence electrons. The molecule has 1 aliphatic carbocycles. The van der Waals surface area contributed by atoms with E-state index in [9.17, 15) is 0 Å². The topological polar surface area (TPSA) is 62.8 Å². The molecule has 3 N–H and O–H groups in total. The lowest BCUT2D eigenvalue weighted by Crippen LogP contribution is -2.16. The zero-order chi connectivity index (χ0) is 14.8. The Kier molecular flexibility index (Phi) is 4.31. The van der Waals surface area contributed by atoms with Crippen LogP contribution in [-0.4, -0.2) is 10.8 Å². The lowest BCUT2D eigenvalue weighted by molar-refractivity contribution is 0.660. The summed E-state index contributed by atoms with van der Waals surface area (Å²) in [5.41, 5.74) is 8.92. The van der Waals surface area contributed by atoms with Gasteiger partial charge in [0.05, 0.1) is 0 Å². The maximum absolute atomic E-state index is 7.83. The summed E-state index contributed by atoms with van der Waals surface area (Å²) in [5, 5.41) is 8.65. The maximum atomic E-state index is 7.83. The molecule has 0 amide bonds. The quantitative estimate of drug-likeness (QED) is 0.637. The van der Waals surface area contributed by atoms with Gasteiger partial charge in [-0.3, -0.25) is 5.41 Å². The van der Waals surface area contributed by atoms with Crippen molar-refractivity contribution >= 4 is 33.5 Å². The molecule has 0 spiro atoms. The van der Waals surface area contributed by atoms with Gasteiger partial charge in [0.1, 0.15) is 10.9 Å². The SMILES string of the molecule is N=C(N)c1cc2c(nc1Sc1ccccc1Br)CCCC2. The number of nitrogens with zero attached hydrogens (tertiary/aromatic N) is 1. The smallest absolute Gasteiger partial charge is 0.125 e. The second kappa shape index (κ2) is 6.20. The van der Waals surface area contributed by atoms with Crippen molar-refractivity contribution in [3.8, 4) is 0 Å². The third-order valence-corrected chi connectivity index (χ3v) is 5.63. The van der Waals surface area contributed by atoms with E-state index in [1.807, 2.05) is 24.3 Å². The molecule has 3 rings (SSSR count). The number of fused-ring (bicyclic) bond motifs is 1. The van der Waals surface area contributed by atoms with Crippen molar-refractivity contribution in [3.05, 3.63) is 51.6 Å². The van der Waals surface area contributed by atoms with Crippen molar-refractivity contribution in [3.63, 3.8) is 0 Å². The molecule has 0 radical (unpaired) electrons. The van der Waals surface area contributed by atoms with Crippen LogP contribution in [0.25, 0.3) is 0 Å². The Morgan fingerprint density at radius 1 is 1.24 bits per heavy atom. The van der Waals surface area contributed by atoms with Gasteiger partial charge in [-0.15, -0.1) is 0 Å². The summed E-state index contributed by atoms with van der Waals surface area (Å²) in [4.78, 5) is 5.88. The minimum atomic E-state index is 0.0884. The highest BCUT2D eigenvalue weighted by molar-refractivity contribution is 9.10. The van der Waals surface area contributed by atoms with Crippen LogP contribution in [0.1, 0.15) is 29.7 Å². The molecule has 0 fully saturated rings. The molecule has 1 aliphatic rings. The van der Waals surface area contributed by atoms with Gasteiger partial charge >= 0.3 is 0 Å². The Balaban J connectivity index is 2.04. The zero-order valence-electron chi connectivity index (χ0n) is 11.5. The maximum Gasteiger partial charge on any atom is 0.125 e. The van der Waals surface area contributed by atoms with Crippen LogP contribution < -0.4 is 5.73 Å². The Morgan fingerprint density at radius 3 is 2.76 bits per heavy atom. The predicted octanol–water partition coefficient (Wildman–Crippen LogP) is 4.16. The molecule has 0 aliphatic heterocycles. The lowest BCUT2D eigenvalue weighted by atomic mass is 9.95. The van der Waals surface area contributed by atoms with Gasteiger partial charge in [0.15, 0.2) is 0 Å². The van der Waals surface area contributed by atoms with E-state index >= 15 is 0 Å². The third kappa shape index (κ3) is 3.14. The fourth-order valence-electron chi connectivity index (χ4n) is 2.52. The van der Waals surface area contributed by atoms with E-state index in [1.54, 1.807) is 11.8 Å². The summed E-state index contributed by atoms with van der Waals surface area (Å²) >= 11 is 5.12. The van der Waals surface area contributed by atoms with Gasteiger partial charge in [-0.2, -0.15) is 0 Å². The first-order valence-electron chi connectivity index (χ1n) is 6.94. The molecule has 0 atom stereocenters. The summed E-state index contributed by atoms with van der Waals surface area (Å²) in [7, 11) is 0. The molecule has 21 heavy (non-hydrogen) atoms. The van der Waals surface area contributed by atoms with Gasteiger partial charge in [0.2, 0.25) is 0 Å². The molecule has 1 heterocycles. The van der Waals surface area contributed by atoms with Crippen LogP contribution in [0.15, 0.2) is 44.7 Å². The highest BCUT2D eigenvalue weighted by atomic mass is 79.9. The number of hydrogen-bond acceptors (Lipinski definition) is 3. The minimum Gasteiger partial charge on any atom is -0.384 e. The van der Waals surface area contributed by atoms with Crippen molar-refractivity contribution in [1.82, 2.24) is 4.98 Å². The Bertz CT molecular complexity index is 700. The molecule has 0 bridgehead atoms. The van der Waals surface area contributed by atoms with E-state index in [2.05, 4.69) is 22.0 Å². The number of nitrogens with one attached hydrogen (secondary N) is 1. The Labute approximate surface area is 137 Å². The fourth-order valence-corrected chi connectivity index (χ4v) is 4.00. The Hall–Kier alpha value is -1.33. The first kappa shape index (κ1) is 14.6. The molecular formula is C16H16BrN3S. The van der Waals surface area contributed by atoms with Crippen LogP contribution in [0.3, 0.4) is 0 Å². The van der Waals surface area contributed by atoms with E-state index in [4.69, 9.17) is 16.1 Å². The lowest BCUT2D eigenvalue weighted by Gasteiger charge is -2.18. The molecule has 1 aromatic heterocycles. The summed E-state index contributed by atoms with van der Waals surface area (Å²) in [6.45, 7) is 0. The largest absolute Gasteiger partial charge is 0.384 e. The predicted molar refractivity (Wildman–Crippen MR) is 90.2 cm³/mol. The molecule has 5 heteroatoms. The van der Waals surface area contributed by atoms with Crippen molar-refractivity contribution in [2.75, 3.05) is 0 Å². The van der Waals surface area contributed by atoms with Crippen molar-refractivity contribution < 1.29 is 0 Å². The van der Waals surface area contributed by atoms with Crippen LogP contribution in [0.5, 0.6) is 0 Å². The van der Waals surface area contributed by atoms with E-state index in [0.717, 1.165) is 32.8 Å². The summed E-state index contributed by atoms with van der Waals surface area (Å²) in [6, 6.07) is 10.1. The summed E-state index contributed by atoms with van der Waals surface area (Å²) < 4.78 is 1.03. The van der Waals surface area contributed by atoms with Crippen LogP contribution in [0.4, 0.5) is 0 Å². The van der Waals surface area contributed by atoms with Crippen molar-refractivity contribution in [2.45, 2.75) is 35.6 Å². The van der Waals surface area contributed by atoms with Crippen LogP contribution in [0.2, 0.25) is 0 Å². The van der Waals surface area contributed by atoms with Crippen LogP contribution in [-0.2, 0) is 12.8 Å². The highest BCUT2D eigenvalue weighted by Crippen LogP contribution is 2.35. The minimum absolute atomic E-state index is 0.0884. The molecular weight excluding hydrogens is 346 g/mol. The molecule has 3 nitrogen and oxygen atoms in total. The number of benzene rings is 1. The number of amidine groups is 1. The molecule has 2 aromatic rings. The van der Waals surface area contributed by atoms with E-state index < -0.39 is 0 Å². The van der Waals surface area contributed by atoms with Crippen molar-refractivity contribution in [2.24, 2.45) is 5.73 Å². The third-order valence-electron chi connectivity index (χ3n) is 3.60. The summed E-state index contributed by atoms with van der Waals surface area (Å²) in [5.74, 6) is 0.0884. The average Bonchev–Trinajstić information content (AvgIpc) is 2.48. The first-order valence-corrected chi connectivity index (χ1v) is 8.55. The standard InChI is InChI=1S/C16H16BrN3S/c17-12-6-2-4-8-14(12)21-16-11(15(18)19)9-10-5-1-3-7-13(10)20-16/h2,4,6,8-9H,1,3,5,7H2,(H3,18,19). The number of aromatic nitrogens is 1. The average molecular weight is 362 g/mol. The fraction of sp³-hybridized carbons (Fsp3) is 0.250. The number of halogens is 1. The highest BCUT2D eigenvalue weighted by Gasteiger charge is 2.17. The first-order chi connectivity index (χ1) is 10.1. The van der Waals surface area contributed by atoms with Gasteiger partial charge in [0, 0.05) is 20.6 Å². The number of aryl methyl sites for hydroxylation is 2.